The van der Waals surface area contributed by atoms with Crippen LogP contribution in [0, 0.1) is 0 Å². The van der Waals surface area contributed by atoms with Crippen LogP contribution in [0.4, 0.5) is 0 Å². The van der Waals surface area contributed by atoms with E-state index in [2.05, 4.69) is 49.7 Å². The minimum absolute atomic E-state index is 1.37. The fourth-order valence-corrected chi connectivity index (χ4v) is 15.0. The molecule has 0 unspecified atom stereocenters. The summed E-state index contributed by atoms with van der Waals surface area (Å²) in [7, 11) is 0. The Morgan fingerprint density at radius 2 is 0.500 bits per heavy atom. The van der Waals surface area contributed by atoms with Gasteiger partial charge in [-0.2, -0.15) is 0 Å². The maximum absolute atomic E-state index is 3.20. The molecule has 0 radical (unpaired) electrons. The molecule has 0 aromatic carbocycles. The van der Waals surface area contributed by atoms with Crippen LogP contribution in [0.3, 0.4) is 0 Å². The average Bonchev–Trinajstić information content (AvgIpc) is 2.78. The quantitative estimate of drug-likeness (QED) is 0.0541. The molecule has 0 saturated carbocycles. The summed E-state index contributed by atoms with van der Waals surface area (Å²) < 4.78 is -1.58. The first kappa shape index (κ1) is 33.2. The van der Waals surface area contributed by atoms with Crippen LogP contribution in [-0.4, -0.2) is 24.6 Å². The molecule has 0 aliphatic carbocycles. The molecule has 0 spiro atoms. The van der Waals surface area contributed by atoms with Crippen LogP contribution in [0.15, 0.2) is 0 Å². The molecule has 0 heterocycles. The van der Waals surface area contributed by atoms with Crippen molar-refractivity contribution in [3.05, 3.63) is 0 Å². The molecule has 0 N–H and O–H groups in total. The Morgan fingerprint density at radius 1 is 0.312 bits per heavy atom. The van der Waals surface area contributed by atoms with Crippen LogP contribution in [0.2, 0.25) is 0 Å². The molecule has 0 rings (SSSR count). The Labute approximate surface area is 219 Å². The fourth-order valence-electron chi connectivity index (χ4n) is 5.47. The molecule has 0 bridgehead atoms. The van der Waals surface area contributed by atoms with Gasteiger partial charge in [0.15, 0.2) is 0 Å². The van der Waals surface area contributed by atoms with Crippen LogP contribution in [0.25, 0.3) is 0 Å². The first-order chi connectivity index (χ1) is 15.5. The summed E-state index contributed by atoms with van der Waals surface area (Å²) in [5.41, 5.74) is 0. The van der Waals surface area contributed by atoms with E-state index in [1.807, 2.05) is 0 Å². The summed E-state index contributed by atoms with van der Waals surface area (Å²) in [6, 6.07) is 0. The van der Waals surface area contributed by atoms with Crippen molar-refractivity contribution in [2.45, 2.75) is 169 Å². The molecule has 0 saturated heterocycles. The Hall–Kier alpha value is 1.16. The minimum atomic E-state index is -1.58. The van der Waals surface area contributed by atoms with E-state index in [4.69, 9.17) is 0 Å². The summed E-state index contributed by atoms with van der Waals surface area (Å²) in [5.74, 6) is 0. The normalized spacial score (nSPS) is 13.3. The van der Waals surface area contributed by atoms with Crippen molar-refractivity contribution < 1.29 is 0 Å². The summed E-state index contributed by atoms with van der Waals surface area (Å²) >= 11 is 3.20. The first-order valence-electron chi connectivity index (χ1n) is 15.3. The summed E-state index contributed by atoms with van der Waals surface area (Å²) in [5, 5.41) is 0. The monoisotopic (exact) mass is 582 g/mol. The van der Waals surface area contributed by atoms with Gasteiger partial charge in [0.2, 0.25) is 0 Å². The van der Waals surface area contributed by atoms with E-state index in [-0.39, 0.29) is 0 Å². The van der Waals surface area contributed by atoms with Crippen LogP contribution in [-0.2, 0) is 0 Å². The Morgan fingerprint density at radius 3 is 0.719 bits per heavy atom. The van der Waals surface area contributed by atoms with Crippen LogP contribution in [0.5, 0.6) is 0 Å². The van der Waals surface area contributed by atoms with Crippen LogP contribution < -0.4 is 0 Å². The van der Waals surface area contributed by atoms with Crippen molar-refractivity contribution in [1.82, 2.24) is 0 Å². The van der Waals surface area contributed by atoms with Crippen molar-refractivity contribution in [2.75, 3.05) is 24.6 Å². The van der Waals surface area contributed by atoms with Gasteiger partial charge in [-0.05, 0) is 0 Å². The molecule has 0 amide bonds. The molecule has 32 heavy (non-hydrogen) atoms. The molecule has 2 heteroatoms. The van der Waals surface area contributed by atoms with Crippen LogP contribution in [0.1, 0.15) is 169 Å². The van der Waals surface area contributed by atoms with E-state index in [9.17, 15) is 0 Å². The number of unbranched alkanes of at least 4 members (excludes halogenated alkanes) is 18. The zero-order valence-electron chi connectivity index (χ0n) is 23.2. The van der Waals surface area contributed by atoms with E-state index >= 15 is 0 Å². The Bertz CT molecular complexity index is 342. The van der Waals surface area contributed by atoms with Gasteiger partial charge in [0.25, 0.3) is 0 Å². The van der Waals surface area contributed by atoms with Gasteiger partial charge in [-0.25, -0.2) is 0 Å². The van der Waals surface area contributed by atoms with Crippen molar-refractivity contribution in [1.29, 1.82) is 0 Å². The molecule has 0 fully saturated rings. The third-order valence-corrected chi connectivity index (χ3v) is 19.3. The second-order valence-corrected chi connectivity index (χ2v) is 24.7. The summed E-state index contributed by atoms with van der Waals surface area (Å²) in [4.78, 5) is 0. The molecule has 0 nitrogen and oxygen atoms in total. The van der Waals surface area contributed by atoms with Crippen molar-refractivity contribution in [3.8, 4) is 0 Å². The van der Waals surface area contributed by atoms with Crippen LogP contribution >= 0.6 is 26.3 Å². The van der Waals surface area contributed by atoms with Crippen molar-refractivity contribution in [2.24, 2.45) is 0 Å². The molecule has 0 aromatic rings. The third-order valence-electron chi connectivity index (χ3n) is 7.78. The maximum atomic E-state index is 3.20. The second kappa shape index (κ2) is 22.6. The van der Waals surface area contributed by atoms with Gasteiger partial charge in [-0.1, -0.05) is 0 Å². The zero-order valence-corrected chi connectivity index (χ0v) is 26.3. The van der Waals surface area contributed by atoms with Gasteiger partial charge in [0.1, 0.15) is 0 Å². The van der Waals surface area contributed by atoms with E-state index in [1.54, 1.807) is 24.6 Å². The molecule has 196 valence electrons. The van der Waals surface area contributed by atoms with Gasteiger partial charge >= 0.3 is 220 Å². The van der Waals surface area contributed by atoms with Crippen molar-refractivity contribution >= 4 is 26.3 Å². The number of rotatable bonds is 26. The standard InChI is InChI=1S/C30H64IP/c1-5-9-13-17-18-22-26-30-32(31,27-23-19-14-10-6-2,28-24-20-15-11-7-3)29-25-21-16-12-8-4/h5-30H2,1-4H3. The van der Waals surface area contributed by atoms with E-state index in [0.717, 1.165) is 0 Å². The predicted octanol–water partition coefficient (Wildman–Crippen LogP) is 12.6. The topological polar surface area (TPSA) is 0 Å². The van der Waals surface area contributed by atoms with Gasteiger partial charge in [0.05, 0.1) is 0 Å². The molecule has 0 atom stereocenters. The van der Waals surface area contributed by atoms with E-state index in [1.165, 1.54) is 141 Å². The zero-order chi connectivity index (χ0) is 23.8. The molecule has 0 aliphatic heterocycles. The van der Waals surface area contributed by atoms with Gasteiger partial charge in [0, 0.05) is 0 Å². The Kier molecular flexibility index (Phi) is 23.4. The Balaban J connectivity index is 4.95. The predicted molar refractivity (Wildman–Crippen MR) is 165 cm³/mol. The molecule has 0 aliphatic rings. The number of hydrogen-bond donors (Lipinski definition) is 0. The van der Waals surface area contributed by atoms with E-state index in [0.29, 0.717) is 0 Å². The summed E-state index contributed by atoms with van der Waals surface area (Å²) in [6.45, 7) is 9.39. The number of halogens is 1. The molecular weight excluding hydrogens is 518 g/mol. The van der Waals surface area contributed by atoms with E-state index < -0.39 is 4.25 Å². The number of hydrogen-bond acceptors (Lipinski definition) is 0. The average molecular weight is 583 g/mol. The summed E-state index contributed by atoms with van der Waals surface area (Å²) in [6.07, 6.45) is 38.8. The van der Waals surface area contributed by atoms with Gasteiger partial charge < -0.3 is 0 Å². The molecule has 0 aromatic heterocycles. The fraction of sp³-hybridized carbons (Fsp3) is 1.00. The SMILES string of the molecule is CCCCCCCCCP(I)(CCCCCCC)(CCCCCCC)CCCCCCC. The second-order valence-electron chi connectivity index (χ2n) is 11.1. The van der Waals surface area contributed by atoms with Gasteiger partial charge in [-0.15, -0.1) is 0 Å². The van der Waals surface area contributed by atoms with Crippen molar-refractivity contribution in [3.63, 3.8) is 0 Å². The van der Waals surface area contributed by atoms with Gasteiger partial charge in [-0.3, -0.25) is 0 Å². The molecular formula is C30H64IP. The first-order valence-corrected chi connectivity index (χ1v) is 21.0. The third kappa shape index (κ3) is 18.5.